The van der Waals surface area contributed by atoms with Crippen LogP contribution < -0.4 is 4.90 Å². The van der Waals surface area contributed by atoms with Crippen molar-refractivity contribution in [3.8, 4) is 0 Å². The van der Waals surface area contributed by atoms with Gasteiger partial charge in [0.05, 0.1) is 16.5 Å². The SMILES string of the molecule is O=C(O)C1CCN(c2ccc3c(Br)ccc(Cl)c3n2)CC1. The second kappa shape index (κ2) is 5.81. The lowest BCUT2D eigenvalue weighted by Crippen LogP contribution is -2.36. The van der Waals surface area contributed by atoms with Crippen LogP contribution >= 0.6 is 27.5 Å². The van der Waals surface area contributed by atoms with Crippen molar-refractivity contribution in [2.45, 2.75) is 12.8 Å². The van der Waals surface area contributed by atoms with Crippen LogP contribution in [0, 0.1) is 5.92 Å². The van der Waals surface area contributed by atoms with Crippen molar-refractivity contribution < 1.29 is 9.90 Å². The number of benzene rings is 1. The van der Waals surface area contributed by atoms with E-state index in [1.807, 2.05) is 24.3 Å². The molecule has 3 rings (SSSR count). The minimum Gasteiger partial charge on any atom is -0.481 e. The van der Waals surface area contributed by atoms with Gasteiger partial charge in [0.1, 0.15) is 5.82 Å². The molecule has 1 saturated heterocycles. The maximum absolute atomic E-state index is 11.0. The Morgan fingerprint density at radius 3 is 2.67 bits per heavy atom. The van der Waals surface area contributed by atoms with Gasteiger partial charge in [0.15, 0.2) is 0 Å². The standard InChI is InChI=1S/C15H14BrClN2O2/c16-11-2-3-12(17)14-10(11)1-4-13(18-14)19-7-5-9(6-8-19)15(20)21/h1-4,9H,5-8H2,(H,20,21). The lowest BCUT2D eigenvalue weighted by molar-refractivity contribution is -0.142. The zero-order chi connectivity index (χ0) is 15.0. The molecular formula is C15H14BrClN2O2. The Morgan fingerprint density at radius 2 is 2.00 bits per heavy atom. The van der Waals surface area contributed by atoms with E-state index >= 15 is 0 Å². The van der Waals surface area contributed by atoms with Gasteiger partial charge in [-0.25, -0.2) is 4.98 Å². The van der Waals surface area contributed by atoms with E-state index in [1.54, 1.807) is 0 Å². The number of carboxylic acids is 1. The third-order valence-corrected chi connectivity index (χ3v) is 4.90. The topological polar surface area (TPSA) is 53.4 Å². The first kappa shape index (κ1) is 14.6. The van der Waals surface area contributed by atoms with Crippen LogP contribution in [-0.2, 0) is 4.79 Å². The number of fused-ring (bicyclic) bond motifs is 1. The largest absolute Gasteiger partial charge is 0.481 e. The summed E-state index contributed by atoms with van der Waals surface area (Å²) in [7, 11) is 0. The molecule has 1 aliphatic rings. The van der Waals surface area contributed by atoms with Crippen molar-refractivity contribution in [3.05, 3.63) is 33.8 Å². The molecule has 2 heterocycles. The van der Waals surface area contributed by atoms with Crippen molar-refractivity contribution in [1.82, 2.24) is 4.98 Å². The van der Waals surface area contributed by atoms with Gasteiger partial charge in [-0.05, 0) is 37.1 Å². The van der Waals surface area contributed by atoms with E-state index in [9.17, 15) is 4.79 Å². The molecule has 1 aliphatic heterocycles. The molecule has 1 N–H and O–H groups in total. The Bertz CT molecular complexity index is 699. The minimum atomic E-state index is -0.701. The fraction of sp³-hybridized carbons (Fsp3) is 0.333. The summed E-state index contributed by atoms with van der Waals surface area (Å²) >= 11 is 9.72. The highest BCUT2D eigenvalue weighted by molar-refractivity contribution is 9.10. The first-order valence-corrected chi connectivity index (χ1v) is 7.96. The molecule has 0 amide bonds. The molecule has 0 spiro atoms. The van der Waals surface area contributed by atoms with E-state index in [-0.39, 0.29) is 5.92 Å². The molecular weight excluding hydrogens is 356 g/mol. The molecule has 0 aliphatic carbocycles. The van der Waals surface area contributed by atoms with Crippen LogP contribution in [0.5, 0.6) is 0 Å². The predicted molar refractivity (Wildman–Crippen MR) is 87.0 cm³/mol. The molecule has 0 unspecified atom stereocenters. The summed E-state index contributed by atoms with van der Waals surface area (Å²) in [5, 5.41) is 10.6. The number of nitrogens with zero attached hydrogens (tertiary/aromatic N) is 2. The number of carboxylic acid groups (broad SMARTS) is 1. The first-order chi connectivity index (χ1) is 10.1. The Balaban J connectivity index is 1.89. The quantitative estimate of drug-likeness (QED) is 0.871. The summed E-state index contributed by atoms with van der Waals surface area (Å²) in [6.07, 6.45) is 1.31. The summed E-state index contributed by atoms with van der Waals surface area (Å²) in [5.74, 6) is -0.0844. The minimum absolute atomic E-state index is 0.237. The molecule has 21 heavy (non-hydrogen) atoms. The summed E-state index contributed by atoms with van der Waals surface area (Å²) < 4.78 is 0.963. The molecule has 0 radical (unpaired) electrons. The van der Waals surface area contributed by atoms with Crippen molar-refractivity contribution in [2.75, 3.05) is 18.0 Å². The van der Waals surface area contributed by atoms with E-state index in [0.29, 0.717) is 31.0 Å². The van der Waals surface area contributed by atoms with Crippen LogP contribution in [0.3, 0.4) is 0 Å². The van der Waals surface area contributed by atoms with E-state index in [4.69, 9.17) is 16.7 Å². The number of piperidine rings is 1. The van der Waals surface area contributed by atoms with Gasteiger partial charge < -0.3 is 10.0 Å². The molecule has 4 nitrogen and oxygen atoms in total. The fourth-order valence-electron chi connectivity index (χ4n) is 2.67. The molecule has 1 fully saturated rings. The van der Waals surface area contributed by atoms with Crippen molar-refractivity contribution in [2.24, 2.45) is 5.92 Å². The summed E-state index contributed by atoms with van der Waals surface area (Å²) in [4.78, 5) is 17.8. The first-order valence-electron chi connectivity index (χ1n) is 6.79. The maximum Gasteiger partial charge on any atom is 0.306 e. The molecule has 110 valence electrons. The van der Waals surface area contributed by atoms with Crippen molar-refractivity contribution in [3.63, 3.8) is 0 Å². The van der Waals surface area contributed by atoms with E-state index in [0.717, 1.165) is 21.2 Å². The van der Waals surface area contributed by atoms with Gasteiger partial charge in [0, 0.05) is 22.9 Å². The van der Waals surface area contributed by atoms with Gasteiger partial charge in [-0.1, -0.05) is 27.5 Å². The van der Waals surface area contributed by atoms with Gasteiger partial charge in [0.25, 0.3) is 0 Å². The number of aliphatic carboxylic acids is 1. The van der Waals surface area contributed by atoms with Crippen LogP contribution in [0.2, 0.25) is 5.02 Å². The number of hydrogen-bond acceptors (Lipinski definition) is 3. The molecule has 2 aromatic rings. The van der Waals surface area contributed by atoms with Crippen LogP contribution in [0.15, 0.2) is 28.7 Å². The second-order valence-corrected chi connectivity index (χ2v) is 6.46. The third-order valence-electron chi connectivity index (χ3n) is 3.91. The third kappa shape index (κ3) is 2.85. The number of hydrogen-bond donors (Lipinski definition) is 1. The van der Waals surface area contributed by atoms with E-state index in [2.05, 4.69) is 25.8 Å². The summed E-state index contributed by atoms with van der Waals surface area (Å²) in [6, 6.07) is 7.69. The van der Waals surface area contributed by atoms with Gasteiger partial charge >= 0.3 is 5.97 Å². The second-order valence-electron chi connectivity index (χ2n) is 5.19. The van der Waals surface area contributed by atoms with Crippen molar-refractivity contribution >= 4 is 50.2 Å². The zero-order valence-electron chi connectivity index (χ0n) is 11.2. The molecule has 0 atom stereocenters. The van der Waals surface area contributed by atoms with Crippen molar-refractivity contribution in [1.29, 1.82) is 0 Å². The normalized spacial score (nSPS) is 16.4. The lowest BCUT2D eigenvalue weighted by atomic mass is 9.97. The Morgan fingerprint density at radius 1 is 1.29 bits per heavy atom. The highest BCUT2D eigenvalue weighted by Gasteiger charge is 2.25. The number of anilines is 1. The molecule has 1 aromatic heterocycles. The van der Waals surface area contributed by atoms with E-state index in [1.165, 1.54) is 0 Å². The number of halogens is 2. The number of pyridine rings is 1. The number of aromatic nitrogens is 1. The predicted octanol–water partition coefficient (Wildman–Crippen LogP) is 3.95. The van der Waals surface area contributed by atoms with Gasteiger partial charge in [-0.3, -0.25) is 4.79 Å². The summed E-state index contributed by atoms with van der Waals surface area (Å²) in [6.45, 7) is 1.42. The summed E-state index contributed by atoms with van der Waals surface area (Å²) in [5.41, 5.74) is 0.767. The average Bonchev–Trinajstić information content (AvgIpc) is 2.51. The van der Waals surface area contributed by atoms with Gasteiger partial charge in [-0.15, -0.1) is 0 Å². The molecule has 0 bridgehead atoms. The number of rotatable bonds is 2. The van der Waals surface area contributed by atoms with Crippen LogP contribution in [0.25, 0.3) is 10.9 Å². The van der Waals surface area contributed by atoms with Gasteiger partial charge in [-0.2, -0.15) is 0 Å². The van der Waals surface area contributed by atoms with E-state index < -0.39 is 5.97 Å². The zero-order valence-corrected chi connectivity index (χ0v) is 13.6. The highest BCUT2D eigenvalue weighted by Crippen LogP contribution is 2.31. The smallest absolute Gasteiger partial charge is 0.306 e. The van der Waals surface area contributed by atoms with Gasteiger partial charge in [0.2, 0.25) is 0 Å². The molecule has 0 saturated carbocycles. The fourth-order valence-corrected chi connectivity index (χ4v) is 3.33. The maximum atomic E-state index is 11.0. The Hall–Kier alpha value is -1.33. The monoisotopic (exact) mass is 368 g/mol. The average molecular weight is 370 g/mol. The Kier molecular flexibility index (Phi) is 4.04. The molecule has 6 heteroatoms. The molecule has 1 aromatic carbocycles. The number of carbonyl (C=O) groups is 1. The highest BCUT2D eigenvalue weighted by atomic mass is 79.9. The lowest BCUT2D eigenvalue weighted by Gasteiger charge is -2.31. The Labute approximate surface area is 135 Å². The van der Waals surface area contributed by atoms with Crippen LogP contribution in [0.1, 0.15) is 12.8 Å². The van der Waals surface area contributed by atoms with Crippen LogP contribution in [0.4, 0.5) is 5.82 Å². The van der Waals surface area contributed by atoms with Crippen LogP contribution in [-0.4, -0.2) is 29.1 Å².